The number of hydrazine groups is 1. The molecule has 0 heterocycles. The highest BCUT2D eigenvalue weighted by Gasteiger charge is 2.02. The lowest BCUT2D eigenvalue weighted by Gasteiger charge is -2.06. The van der Waals surface area contributed by atoms with Gasteiger partial charge < -0.3 is 0 Å². The van der Waals surface area contributed by atoms with Crippen LogP contribution >= 0.6 is 0 Å². The highest BCUT2D eigenvalue weighted by molar-refractivity contribution is 5.85. The van der Waals surface area contributed by atoms with Gasteiger partial charge in [-0.15, -0.1) is 0 Å². The maximum atomic E-state index is 11.0. The first kappa shape index (κ1) is 11.6. The topological polar surface area (TPSA) is 55.1 Å². The second kappa shape index (κ2) is 5.46. The molecule has 0 aliphatic heterocycles. The third-order valence-electron chi connectivity index (χ3n) is 2.89. The minimum atomic E-state index is -0.106. The summed E-state index contributed by atoms with van der Waals surface area (Å²) >= 11 is 0. The Morgan fingerprint density at radius 3 is 2.71 bits per heavy atom. The van der Waals surface area contributed by atoms with Crippen LogP contribution in [0, 0.1) is 0 Å². The van der Waals surface area contributed by atoms with Crippen LogP contribution in [0.4, 0.5) is 0 Å². The molecule has 0 atom stereocenters. The van der Waals surface area contributed by atoms with Crippen molar-refractivity contribution in [2.45, 2.75) is 19.3 Å². The van der Waals surface area contributed by atoms with E-state index < -0.39 is 0 Å². The van der Waals surface area contributed by atoms with Gasteiger partial charge in [-0.1, -0.05) is 42.5 Å². The molecule has 88 valence electrons. The van der Waals surface area contributed by atoms with E-state index in [1.165, 1.54) is 16.3 Å². The SMILES string of the molecule is NNC(=O)CCCc1cccc2ccccc12. The number of benzene rings is 2. The van der Waals surface area contributed by atoms with Crippen LogP contribution in [-0.2, 0) is 11.2 Å². The minimum absolute atomic E-state index is 0.106. The van der Waals surface area contributed by atoms with Gasteiger partial charge in [-0.25, -0.2) is 5.84 Å². The molecule has 2 rings (SSSR count). The zero-order chi connectivity index (χ0) is 12.1. The number of nitrogens with two attached hydrogens (primary N) is 1. The Bertz CT molecular complexity index is 517. The lowest BCUT2D eigenvalue weighted by molar-refractivity contribution is -0.121. The third-order valence-corrected chi connectivity index (χ3v) is 2.89. The van der Waals surface area contributed by atoms with Gasteiger partial charge >= 0.3 is 0 Å². The quantitative estimate of drug-likeness (QED) is 0.478. The van der Waals surface area contributed by atoms with Crippen molar-refractivity contribution >= 4 is 16.7 Å². The van der Waals surface area contributed by atoms with E-state index in [-0.39, 0.29) is 5.91 Å². The van der Waals surface area contributed by atoms with Crippen LogP contribution < -0.4 is 11.3 Å². The summed E-state index contributed by atoms with van der Waals surface area (Å²) in [5, 5.41) is 2.51. The first-order valence-electron chi connectivity index (χ1n) is 5.77. The molecule has 0 aliphatic rings. The third kappa shape index (κ3) is 2.82. The van der Waals surface area contributed by atoms with Gasteiger partial charge in [0.15, 0.2) is 0 Å². The van der Waals surface area contributed by atoms with Crippen molar-refractivity contribution in [3.05, 3.63) is 48.0 Å². The number of nitrogens with one attached hydrogen (secondary N) is 1. The molecule has 0 unspecified atom stereocenters. The summed E-state index contributed by atoms with van der Waals surface area (Å²) < 4.78 is 0. The number of fused-ring (bicyclic) bond motifs is 1. The fourth-order valence-corrected chi connectivity index (χ4v) is 2.02. The molecule has 0 aliphatic carbocycles. The smallest absolute Gasteiger partial charge is 0.233 e. The fourth-order valence-electron chi connectivity index (χ4n) is 2.02. The van der Waals surface area contributed by atoms with Crippen LogP contribution in [0.1, 0.15) is 18.4 Å². The summed E-state index contributed by atoms with van der Waals surface area (Å²) in [5.74, 6) is 4.94. The van der Waals surface area contributed by atoms with E-state index in [0.717, 1.165) is 12.8 Å². The van der Waals surface area contributed by atoms with Crippen LogP contribution in [0.2, 0.25) is 0 Å². The van der Waals surface area contributed by atoms with Crippen LogP contribution in [0.5, 0.6) is 0 Å². The molecule has 0 bridgehead atoms. The summed E-state index contributed by atoms with van der Waals surface area (Å²) in [6, 6.07) is 14.6. The van der Waals surface area contributed by atoms with Gasteiger partial charge in [0.25, 0.3) is 0 Å². The lowest BCUT2D eigenvalue weighted by Crippen LogP contribution is -2.29. The molecule has 1 amide bonds. The number of amides is 1. The van der Waals surface area contributed by atoms with Crippen molar-refractivity contribution in [1.29, 1.82) is 0 Å². The first-order valence-corrected chi connectivity index (χ1v) is 5.77. The van der Waals surface area contributed by atoms with E-state index >= 15 is 0 Å². The predicted octanol–water partition coefficient (Wildman–Crippen LogP) is 2.15. The van der Waals surface area contributed by atoms with E-state index in [9.17, 15) is 4.79 Å². The monoisotopic (exact) mass is 228 g/mol. The Hall–Kier alpha value is -1.87. The van der Waals surface area contributed by atoms with Gasteiger partial charge in [0.1, 0.15) is 0 Å². The maximum absolute atomic E-state index is 11.0. The summed E-state index contributed by atoms with van der Waals surface area (Å²) in [7, 11) is 0. The molecule has 3 heteroatoms. The van der Waals surface area contributed by atoms with Crippen molar-refractivity contribution in [3.8, 4) is 0 Å². The zero-order valence-electron chi connectivity index (χ0n) is 9.65. The molecule has 0 aromatic heterocycles. The molecule has 0 fully saturated rings. The molecule has 2 aromatic rings. The molecular weight excluding hydrogens is 212 g/mol. The van der Waals surface area contributed by atoms with E-state index in [4.69, 9.17) is 5.84 Å². The van der Waals surface area contributed by atoms with Gasteiger partial charge in [-0.3, -0.25) is 10.2 Å². The van der Waals surface area contributed by atoms with Gasteiger partial charge in [0.2, 0.25) is 5.91 Å². The molecular formula is C14H16N2O. The Balaban J connectivity index is 2.11. The summed E-state index contributed by atoms with van der Waals surface area (Å²) in [5.41, 5.74) is 3.43. The highest BCUT2D eigenvalue weighted by Crippen LogP contribution is 2.19. The largest absolute Gasteiger partial charge is 0.294 e. The fraction of sp³-hybridized carbons (Fsp3) is 0.214. The number of carbonyl (C=O) groups excluding carboxylic acids is 1. The molecule has 17 heavy (non-hydrogen) atoms. The van der Waals surface area contributed by atoms with Gasteiger partial charge in [0.05, 0.1) is 0 Å². The number of carbonyl (C=O) groups is 1. The standard InChI is InChI=1S/C14H16N2O/c15-16-14(17)10-4-8-12-7-3-6-11-5-1-2-9-13(11)12/h1-3,5-7,9H,4,8,10,15H2,(H,16,17). The van der Waals surface area contributed by atoms with Crippen molar-refractivity contribution in [1.82, 2.24) is 5.43 Å². The van der Waals surface area contributed by atoms with Crippen molar-refractivity contribution in [3.63, 3.8) is 0 Å². The van der Waals surface area contributed by atoms with Gasteiger partial charge in [-0.05, 0) is 29.2 Å². The molecule has 2 aromatic carbocycles. The number of hydrogen-bond donors (Lipinski definition) is 2. The van der Waals surface area contributed by atoms with E-state index in [1.807, 2.05) is 12.1 Å². The van der Waals surface area contributed by atoms with Crippen LogP contribution in [0.15, 0.2) is 42.5 Å². The Morgan fingerprint density at radius 1 is 1.12 bits per heavy atom. The number of hydrogen-bond acceptors (Lipinski definition) is 2. The minimum Gasteiger partial charge on any atom is -0.294 e. The average Bonchev–Trinajstić information content (AvgIpc) is 2.39. The van der Waals surface area contributed by atoms with Crippen LogP contribution in [0.25, 0.3) is 10.8 Å². The van der Waals surface area contributed by atoms with Crippen molar-refractivity contribution in [2.24, 2.45) is 5.84 Å². The second-order valence-corrected chi connectivity index (χ2v) is 4.06. The van der Waals surface area contributed by atoms with Crippen LogP contribution in [0.3, 0.4) is 0 Å². The normalized spacial score (nSPS) is 10.4. The van der Waals surface area contributed by atoms with E-state index in [1.54, 1.807) is 0 Å². The van der Waals surface area contributed by atoms with Crippen LogP contribution in [-0.4, -0.2) is 5.91 Å². The molecule has 0 radical (unpaired) electrons. The first-order chi connectivity index (χ1) is 8.31. The summed E-state index contributed by atoms with van der Waals surface area (Å²) in [4.78, 5) is 11.0. The summed E-state index contributed by atoms with van der Waals surface area (Å²) in [6.45, 7) is 0. The lowest BCUT2D eigenvalue weighted by atomic mass is 10.0. The van der Waals surface area contributed by atoms with Gasteiger partial charge in [0, 0.05) is 6.42 Å². The average molecular weight is 228 g/mol. The Kier molecular flexibility index (Phi) is 3.73. The Morgan fingerprint density at radius 2 is 1.88 bits per heavy atom. The molecule has 3 nitrogen and oxygen atoms in total. The molecule has 0 spiro atoms. The highest BCUT2D eigenvalue weighted by atomic mass is 16.2. The molecule has 0 saturated heterocycles. The predicted molar refractivity (Wildman–Crippen MR) is 69.2 cm³/mol. The second-order valence-electron chi connectivity index (χ2n) is 4.06. The Labute approximate surface area is 101 Å². The molecule has 0 saturated carbocycles. The van der Waals surface area contributed by atoms with E-state index in [2.05, 4.69) is 35.8 Å². The number of rotatable bonds is 4. The maximum Gasteiger partial charge on any atom is 0.233 e. The zero-order valence-corrected chi connectivity index (χ0v) is 9.65. The van der Waals surface area contributed by atoms with Crippen molar-refractivity contribution < 1.29 is 4.79 Å². The van der Waals surface area contributed by atoms with Gasteiger partial charge in [-0.2, -0.15) is 0 Å². The van der Waals surface area contributed by atoms with E-state index in [0.29, 0.717) is 6.42 Å². The summed E-state index contributed by atoms with van der Waals surface area (Å²) in [6.07, 6.45) is 2.19. The number of aryl methyl sites for hydroxylation is 1. The molecule has 3 N–H and O–H groups in total. The van der Waals surface area contributed by atoms with Crippen molar-refractivity contribution in [2.75, 3.05) is 0 Å².